The van der Waals surface area contributed by atoms with Crippen molar-refractivity contribution < 1.29 is 0 Å². The van der Waals surface area contributed by atoms with Crippen LogP contribution in [0.25, 0.3) is 50.2 Å². The molecule has 0 aliphatic heterocycles. The fraction of sp³-hybridized carbons (Fsp3) is 0.0882. The molecule has 0 spiro atoms. The third kappa shape index (κ3) is 3.08. The molecule has 0 N–H and O–H groups in total. The highest BCUT2D eigenvalue weighted by Crippen LogP contribution is 2.51. The van der Waals surface area contributed by atoms with E-state index in [1.165, 1.54) is 38.7 Å². The van der Waals surface area contributed by atoms with Crippen molar-refractivity contribution in [2.45, 2.75) is 19.3 Å². The topological polar surface area (TPSA) is 17.8 Å². The molecule has 2 heteroatoms. The van der Waals surface area contributed by atoms with E-state index in [1.54, 1.807) is 0 Å². The van der Waals surface area contributed by atoms with Crippen molar-refractivity contribution in [2.75, 3.05) is 0 Å². The standard InChI is InChI=1S/C34H26N2/c1-34(2)28-16-10-9-15-26(28)33-27-19-20-36(31(27)18-17-29(33)34)32-22-25(23-11-5-3-6-12-23)21-30(35-32)24-13-7-4-8-14-24/h3-22H,1-2H3. The fourth-order valence-electron chi connectivity index (χ4n) is 5.81. The molecular weight excluding hydrogens is 436 g/mol. The molecule has 1 aliphatic rings. The molecular formula is C34H26N2. The minimum atomic E-state index is -0.00578. The molecule has 36 heavy (non-hydrogen) atoms. The van der Waals surface area contributed by atoms with Crippen molar-refractivity contribution in [3.63, 3.8) is 0 Å². The van der Waals surface area contributed by atoms with Gasteiger partial charge in [0.05, 0.1) is 11.2 Å². The van der Waals surface area contributed by atoms with Gasteiger partial charge in [-0.05, 0) is 57.6 Å². The highest BCUT2D eigenvalue weighted by Gasteiger charge is 2.36. The third-order valence-corrected chi connectivity index (χ3v) is 7.65. The first-order valence-corrected chi connectivity index (χ1v) is 12.5. The van der Waals surface area contributed by atoms with Crippen LogP contribution in [0.1, 0.15) is 25.0 Å². The van der Waals surface area contributed by atoms with Crippen molar-refractivity contribution in [3.8, 4) is 39.3 Å². The first-order valence-electron chi connectivity index (χ1n) is 12.5. The van der Waals surface area contributed by atoms with E-state index in [1.807, 2.05) is 6.07 Å². The maximum absolute atomic E-state index is 5.15. The molecule has 6 aromatic rings. The second-order valence-corrected chi connectivity index (χ2v) is 10.1. The van der Waals surface area contributed by atoms with Crippen molar-refractivity contribution in [3.05, 3.63) is 133 Å². The van der Waals surface area contributed by atoms with Crippen LogP contribution < -0.4 is 0 Å². The quantitative estimate of drug-likeness (QED) is 0.257. The Morgan fingerprint density at radius 3 is 2.08 bits per heavy atom. The Morgan fingerprint density at radius 2 is 1.31 bits per heavy atom. The summed E-state index contributed by atoms with van der Waals surface area (Å²) in [5.74, 6) is 0.927. The van der Waals surface area contributed by atoms with Gasteiger partial charge in [-0.1, -0.05) is 105 Å². The molecule has 1 aliphatic carbocycles. The van der Waals surface area contributed by atoms with E-state index in [-0.39, 0.29) is 5.41 Å². The van der Waals surface area contributed by atoms with E-state index in [0.29, 0.717) is 0 Å². The Morgan fingerprint density at radius 1 is 0.611 bits per heavy atom. The van der Waals surface area contributed by atoms with E-state index in [9.17, 15) is 0 Å². The van der Waals surface area contributed by atoms with E-state index < -0.39 is 0 Å². The Balaban J connectivity index is 1.47. The number of fused-ring (bicyclic) bond motifs is 5. The smallest absolute Gasteiger partial charge is 0.138 e. The Kier molecular flexibility index (Phi) is 4.52. The summed E-state index contributed by atoms with van der Waals surface area (Å²) >= 11 is 0. The van der Waals surface area contributed by atoms with Crippen LogP contribution in [0.15, 0.2) is 121 Å². The zero-order chi connectivity index (χ0) is 24.3. The highest BCUT2D eigenvalue weighted by atomic mass is 15.1. The van der Waals surface area contributed by atoms with Crippen LogP contribution >= 0.6 is 0 Å². The number of benzene rings is 4. The lowest BCUT2D eigenvalue weighted by Crippen LogP contribution is -2.14. The van der Waals surface area contributed by atoms with Crippen molar-refractivity contribution in [2.24, 2.45) is 0 Å². The van der Waals surface area contributed by atoms with E-state index in [4.69, 9.17) is 4.98 Å². The van der Waals surface area contributed by atoms with Crippen molar-refractivity contribution >= 4 is 10.9 Å². The molecule has 2 heterocycles. The Bertz CT molecular complexity index is 1680. The minimum Gasteiger partial charge on any atom is -0.301 e. The molecule has 0 amide bonds. The summed E-state index contributed by atoms with van der Waals surface area (Å²) in [6.45, 7) is 4.66. The third-order valence-electron chi connectivity index (χ3n) is 7.65. The molecule has 0 saturated carbocycles. The van der Waals surface area contributed by atoms with Gasteiger partial charge in [0.1, 0.15) is 5.82 Å². The van der Waals surface area contributed by atoms with Gasteiger partial charge in [-0.3, -0.25) is 0 Å². The second-order valence-electron chi connectivity index (χ2n) is 10.1. The molecule has 2 nitrogen and oxygen atoms in total. The zero-order valence-electron chi connectivity index (χ0n) is 20.4. The van der Waals surface area contributed by atoms with Gasteiger partial charge in [-0.2, -0.15) is 0 Å². The lowest BCUT2D eigenvalue weighted by molar-refractivity contribution is 0.661. The molecule has 0 unspecified atom stereocenters. The van der Waals surface area contributed by atoms with Gasteiger partial charge in [0.25, 0.3) is 0 Å². The summed E-state index contributed by atoms with van der Waals surface area (Å²) in [5.41, 5.74) is 11.1. The Labute approximate surface area is 211 Å². The van der Waals surface area contributed by atoms with Crippen LogP contribution in [-0.4, -0.2) is 9.55 Å². The SMILES string of the molecule is CC1(C)c2ccccc2-c2c1ccc1c2ccn1-c1cc(-c2ccccc2)cc(-c2ccccc2)n1. The summed E-state index contributed by atoms with van der Waals surface area (Å²) in [7, 11) is 0. The van der Waals surface area contributed by atoms with Gasteiger partial charge in [-0.15, -0.1) is 0 Å². The lowest BCUT2D eigenvalue weighted by atomic mass is 9.82. The lowest BCUT2D eigenvalue weighted by Gasteiger charge is -2.21. The Hall–Kier alpha value is -4.43. The predicted molar refractivity (Wildman–Crippen MR) is 150 cm³/mol. The van der Waals surface area contributed by atoms with Crippen LogP contribution in [0.5, 0.6) is 0 Å². The average molecular weight is 463 g/mol. The molecule has 0 atom stereocenters. The van der Waals surface area contributed by atoms with Crippen LogP contribution in [-0.2, 0) is 5.41 Å². The molecule has 2 aromatic heterocycles. The number of nitrogens with zero attached hydrogens (tertiary/aromatic N) is 2. The van der Waals surface area contributed by atoms with Crippen LogP contribution in [0, 0.1) is 0 Å². The summed E-state index contributed by atoms with van der Waals surface area (Å²) in [5, 5.41) is 1.28. The first-order chi connectivity index (χ1) is 17.6. The first kappa shape index (κ1) is 20.9. The van der Waals surface area contributed by atoms with E-state index in [0.717, 1.165) is 22.6 Å². The molecule has 172 valence electrons. The molecule has 0 bridgehead atoms. The maximum Gasteiger partial charge on any atom is 0.138 e. The zero-order valence-corrected chi connectivity index (χ0v) is 20.4. The maximum atomic E-state index is 5.15. The van der Waals surface area contributed by atoms with E-state index in [2.05, 4.69) is 134 Å². The fourth-order valence-corrected chi connectivity index (χ4v) is 5.81. The van der Waals surface area contributed by atoms with Crippen molar-refractivity contribution in [1.29, 1.82) is 0 Å². The number of aromatic nitrogens is 2. The van der Waals surface area contributed by atoms with Gasteiger partial charge in [0.15, 0.2) is 0 Å². The monoisotopic (exact) mass is 462 g/mol. The number of hydrogen-bond donors (Lipinski definition) is 0. The number of rotatable bonds is 3. The molecule has 7 rings (SSSR count). The van der Waals surface area contributed by atoms with E-state index >= 15 is 0 Å². The second kappa shape index (κ2) is 7.79. The summed E-state index contributed by atoms with van der Waals surface area (Å²) in [6, 6.07) is 41.1. The normalized spacial score (nSPS) is 13.5. The summed E-state index contributed by atoms with van der Waals surface area (Å²) < 4.78 is 2.24. The summed E-state index contributed by atoms with van der Waals surface area (Å²) in [4.78, 5) is 5.15. The minimum absolute atomic E-state index is 0.00578. The number of hydrogen-bond acceptors (Lipinski definition) is 1. The van der Waals surface area contributed by atoms with Crippen LogP contribution in [0.4, 0.5) is 0 Å². The van der Waals surface area contributed by atoms with Gasteiger partial charge >= 0.3 is 0 Å². The average Bonchev–Trinajstić information content (AvgIpc) is 3.46. The predicted octanol–water partition coefficient (Wildman–Crippen LogP) is 8.67. The molecule has 4 aromatic carbocycles. The van der Waals surface area contributed by atoms with Crippen LogP contribution in [0.2, 0.25) is 0 Å². The largest absolute Gasteiger partial charge is 0.301 e. The van der Waals surface area contributed by atoms with Gasteiger partial charge < -0.3 is 4.57 Å². The van der Waals surface area contributed by atoms with Crippen molar-refractivity contribution in [1.82, 2.24) is 9.55 Å². The van der Waals surface area contributed by atoms with Gasteiger partial charge in [0, 0.05) is 22.6 Å². The summed E-state index contributed by atoms with van der Waals surface area (Å²) in [6.07, 6.45) is 2.17. The molecule has 0 radical (unpaired) electrons. The molecule has 0 saturated heterocycles. The highest BCUT2D eigenvalue weighted by molar-refractivity contribution is 6.02. The molecule has 0 fully saturated rings. The van der Waals surface area contributed by atoms with Gasteiger partial charge in [0.2, 0.25) is 0 Å². The van der Waals surface area contributed by atoms with Gasteiger partial charge in [-0.25, -0.2) is 4.98 Å². The number of pyridine rings is 1. The van der Waals surface area contributed by atoms with Crippen LogP contribution in [0.3, 0.4) is 0 Å².